The molecule has 130 valence electrons. The summed E-state index contributed by atoms with van der Waals surface area (Å²) in [5.74, 6) is -1.04. The van der Waals surface area contributed by atoms with Gasteiger partial charge in [0.1, 0.15) is 0 Å². The van der Waals surface area contributed by atoms with Crippen LogP contribution in [0.2, 0.25) is 0 Å². The van der Waals surface area contributed by atoms with Crippen LogP contribution in [0.15, 0.2) is 42.5 Å². The average molecular weight is 344 g/mol. The molecule has 2 aromatic rings. The summed E-state index contributed by atoms with van der Waals surface area (Å²) in [7, 11) is 4.02. The lowest BCUT2D eigenvalue weighted by atomic mass is 10.1. The summed E-state index contributed by atoms with van der Waals surface area (Å²) in [6.45, 7) is 0. The first-order valence-electron chi connectivity index (χ1n) is 7.18. The van der Waals surface area contributed by atoms with E-state index in [2.05, 4.69) is 0 Å². The molecule has 0 spiro atoms. The molecule has 8 heteroatoms. The molecule has 1 amide bonds. The van der Waals surface area contributed by atoms with Crippen LogP contribution in [0.4, 0.5) is 11.4 Å². The maximum Gasteiger partial charge on any atom is 0.339 e. The number of ether oxygens (including phenoxy) is 2. The van der Waals surface area contributed by atoms with E-state index in [1.165, 1.54) is 44.4 Å². The van der Waals surface area contributed by atoms with Crippen molar-refractivity contribution in [3.05, 3.63) is 63.7 Å². The third kappa shape index (κ3) is 3.57. The number of nitrogens with zero attached hydrogens (tertiary/aromatic N) is 2. The fourth-order valence-electron chi connectivity index (χ4n) is 2.32. The first-order valence-corrected chi connectivity index (χ1v) is 7.18. The molecule has 0 aliphatic carbocycles. The van der Waals surface area contributed by atoms with Crippen LogP contribution in [0, 0.1) is 10.1 Å². The number of hydrogen-bond acceptors (Lipinski definition) is 6. The van der Waals surface area contributed by atoms with Crippen LogP contribution in [0.1, 0.15) is 20.7 Å². The van der Waals surface area contributed by atoms with E-state index < -0.39 is 16.8 Å². The van der Waals surface area contributed by atoms with Gasteiger partial charge in [-0.2, -0.15) is 0 Å². The minimum absolute atomic E-state index is 0.0548. The van der Waals surface area contributed by atoms with Gasteiger partial charge in [-0.05, 0) is 24.3 Å². The van der Waals surface area contributed by atoms with E-state index in [0.717, 1.165) is 6.07 Å². The summed E-state index contributed by atoms with van der Waals surface area (Å²) < 4.78 is 9.63. The summed E-state index contributed by atoms with van der Waals surface area (Å²) in [5.41, 5.74) is 0.319. The Labute approximate surface area is 143 Å². The van der Waals surface area contributed by atoms with E-state index in [1.54, 1.807) is 18.2 Å². The molecule has 0 bridgehead atoms. The molecule has 8 nitrogen and oxygen atoms in total. The Morgan fingerprint density at radius 1 is 1.12 bits per heavy atom. The summed E-state index contributed by atoms with van der Waals surface area (Å²) in [4.78, 5) is 36.3. The van der Waals surface area contributed by atoms with Crippen molar-refractivity contribution >= 4 is 23.3 Å². The zero-order valence-electron chi connectivity index (χ0n) is 13.9. The molecule has 0 aliphatic heterocycles. The number of rotatable bonds is 5. The molecule has 0 N–H and O–H groups in total. The van der Waals surface area contributed by atoms with Crippen LogP contribution in [-0.2, 0) is 4.74 Å². The van der Waals surface area contributed by atoms with Crippen LogP contribution < -0.4 is 9.64 Å². The second-order valence-corrected chi connectivity index (χ2v) is 5.02. The monoisotopic (exact) mass is 344 g/mol. The van der Waals surface area contributed by atoms with E-state index >= 15 is 0 Å². The van der Waals surface area contributed by atoms with Crippen LogP contribution in [0.25, 0.3) is 0 Å². The number of benzene rings is 2. The van der Waals surface area contributed by atoms with E-state index in [9.17, 15) is 19.7 Å². The largest absolute Gasteiger partial charge is 0.490 e. The predicted octanol–water partition coefficient (Wildman–Crippen LogP) is 2.67. The van der Waals surface area contributed by atoms with E-state index in [4.69, 9.17) is 9.47 Å². The number of carbonyl (C=O) groups is 2. The quantitative estimate of drug-likeness (QED) is 0.470. The van der Waals surface area contributed by atoms with Gasteiger partial charge in [-0.25, -0.2) is 4.79 Å². The topological polar surface area (TPSA) is 99.0 Å². The van der Waals surface area contributed by atoms with Gasteiger partial charge >= 0.3 is 11.7 Å². The number of anilines is 1. The predicted molar refractivity (Wildman–Crippen MR) is 90.2 cm³/mol. The lowest BCUT2D eigenvalue weighted by Crippen LogP contribution is -2.28. The summed E-state index contributed by atoms with van der Waals surface area (Å²) in [5, 5.41) is 11.1. The second-order valence-electron chi connectivity index (χ2n) is 5.02. The van der Waals surface area contributed by atoms with Crippen LogP contribution in [0.5, 0.6) is 5.75 Å². The highest BCUT2D eigenvalue weighted by Crippen LogP contribution is 2.29. The Kier molecular flexibility index (Phi) is 5.33. The standard InChI is InChI=1S/C17H16N2O6/c1-18(13-7-5-4-6-12(13)17(21)25-3)16(20)11-8-9-15(24-2)14(10-11)19(22)23/h4-10H,1-3H3. The zero-order valence-corrected chi connectivity index (χ0v) is 13.9. The summed E-state index contributed by atoms with van der Waals surface area (Å²) in [6.07, 6.45) is 0. The van der Waals surface area contributed by atoms with Crippen LogP contribution in [-0.4, -0.2) is 38.1 Å². The Morgan fingerprint density at radius 3 is 2.40 bits per heavy atom. The Bertz CT molecular complexity index is 834. The molecular weight excluding hydrogens is 328 g/mol. The van der Waals surface area contributed by atoms with Crippen molar-refractivity contribution in [1.29, 1.82) is 0 Å². The molecule has 0 aliphatic rings. The van der Waals surface area contributed by atoms with Crippen molar-refractivity contribution in [3.63, 3.8) is 0 Å². The molecular formula is C17H16N2O6. The van der Waals surface area contributed by atoms with Gasteiger partial charge in [-0.15, -0.1) is 0 Å². The van der Waals surface area contributed by atoms with Crippen LogP contribution >= 0.6 is 0 Å². The molecule has 0 saturated heterocycles. The number of esters is 1. The highest BCUT2D eigenvalue weighted by Gasteiger charge is 2.23. The lowest BCUT2D eigenvalue weighted by Gasteiger charge is -2.20. The molecule has 0 atom stereocenters. The number of amides is 1. The normalized spacial score (nSPS) is 10.0. The lowest BCUT2D eigenvalue weighted by molar-refractivity contribution is -0.385. The third-order valence-electron chi connectivity index (χ3n) is 3.60. The van der Waals surface area contributed by atoms with Gasteiger partial charge < -0.3 is 14.4 Å². The number of nitro groups is 1. The fourth-order valence-corrected chi connectivity index (χ4v) is 2.32. The smallest absolute Gasteiger partial charge is 0.339 e. The molecule has 0 unspecified atom stereocenters. The Balaban J connectivity index is 2.43. The van der Waals surface area contributed by atoms with Gasteiger partial charge in [0.25, 0.3) is 5.91 Å². The zero-order chi connectivity index (χ0) is 18.6. The molecule has 0 saturated carbocycles. The minimum atomic E-state index is -0.627. The van der Waals surface area contributed by atoms with Crippen molar-refractivity contribution in [2.24, 2.45) is 0 Å². The van der Waals surface area contributed by atoms with Crippen molar-refractivity contribution in [3.8, 4) is 5.75 Å². The van der Waals surface area contributed by atoms with Crippen molar-refractivity contribution in [2.45, 2.75) is 0 Å². The SMILES string of the molecule is COC(=O)c1ccccc1N(C)C(=O)c1ccc(OC)c([N+](=O)[O-])c1. The van der Waals surface area contributed by atoms with Crippen LogP contribution in [0.3, 0.4) is 0 Å². The molecule has 25 heavy (non-hydrogen) atoms. The highest BCUT2D eigenvalue weighted by molar-refractivity contribution is 6.09. The van der Waals surface area contributed by atoms with Crippen molar-refractivity contribution in [1.82, 2.24) is 0 Å². The molecule has 0 aromatic heterocycles. The van der Waals surface area contributed by atoms with Gasteiger partial charge in [0, 0.05) is 18.7 Å². The molecule has 0 heterocycles. The summed E-state index contributed by atoms with van der Waals surface area (Å²) >= 11 is 0. The maximum atomic E-state index is 12.7. The fraction of sp³-hybridized carbons (Fsp3) is 0.176. The average Bonchev–Trinajstić information content (AvgIpc) is 2.65. The van der Waals surface area contributed by atoms with E-state index in [1.807, 2.05) is 0 Å². The molecule has 0 radical (unpaired) electrons. The molecule has 2 rings (SSSR count). The van der Waals surface area contributed by atoms with Gasteiger partial charge in [0.2, 0.25) is 0 Å². The third-order valence-corrected chi connectivity index (χ3v) is 3.60. The number of nitro benzene ring substituents is 1. The first kappa shape index (κ1) is 17.9. The van der Waals surface area contributed by atoms with Crippen molar-refractivity contribution < 1.29 is 24.0 Å². The maximum absolute atomic E-state index is 12.7. The Morgan fingerprint density at radius 2 is 1.80 bits per heavy atom. The van der Waals surface area contributed by atoms with E-state index in [0.29, 0.717) is 5.69 Å². The highest BCUT2D eigenvalue weighted by atomic mass is 16.6. The molecule has 2 aromatic carbocycles. The number of para-hydroxylation sites is 1. The van der Waals surface area contributed by atoms with Gasteiger partial charge in [0.05, 0.1) is 30.4 Å². The summed E-state index contributed by atoms with van der Waals surface area (Å²) in [6, 6.07) is 10.3. The second kappa shape index (κ2) is 7.43. The van der Waals surface area contributed by atoms with Gasteiger partial charge in [-0.3, -0.25) is 14.9 Å². The minimum Gasteiger partial charge on any atom is -0.490 e. The number of methoxy groups -OCH3 is 2. The van der Waals surface area contributed by atoms with Gasteiger partial charge in [-0.1, -0.05) is 12.1 Å². The first-order chi connectivity index (χ1) is 11.9. The van der Waals surface area contributed by atoms with E-state index in [-0.39, 0.29) is 22.6 Å². The Hall–Kier alpha value is -3.42. The number of hydrogen-bond donors (Lipinski definition) is 0. The van der Waals surface area contributed by atoms with Gasteiger partial charge in [0.15, 0.2) is 5.75 Å². The molecule has 0 fully saturated rings. The van der Waals surface area contributed by atoms with Crippen molar-refractivity contribution in [2.75, 3.05) is 26.2 Å². The number of carbonyl (C=O) groups excluding carboxylic acids is 2.